The van der Waals surface area contributed by atoms with Crippen LogP contribution >= 0.6 is 22.9 Å². The molecule has 0 saturated carbocycles. The van der Waals surface area contributed by atoms with Crippen LogP contribution in [-0.4, -0.2) is 22.8 Å². The highest BCUT2D eigenvalue weighted by molar-refractivity contribution is 7.22. The molecule has 1 aliphatic heterocycles. The fourth-order valence-electron chi connectivity index (χ4n) is 2.13. The maximum absolute atomic E-state index is 11.8. The summed E-state index contributed by atoms with van der Waals surface area (Å²) < 4.78 is 1.12. The van der Waals surface area contributed by atoms with Crippen molar-refractivity contribution in [3.8, 4) is 0 Å². The number of halogens is 1. The minimum absolute atomic E-state index is 0.0718. The van der Waals surface area contributed by atoms with Gasteiger partial charge >= 0.3 is 0 Å². The molecular formula is C13H13ClN2OS. The third kappa shape index (κ3) is 1.89. The number of rotatable bonds is 1. The highest BCUT2D eigenvalue weighted by Crippen LogP contribution is 2.33. The highest BCUT2D eigenvalue weighted by atomic mass is 35.5. The van der Waals surface area contributed by atoms with Crippen LogP contribution in [0, 0.1) is 13.8 Å². The van der Waals surface area contributed by atoms with Gasteiger partial charge in [-0.2, -0.15) is 0 Å². The lowest BCUT2D eigenvalue weighted by molar-refractivity contribution is -0.117. The molecule has 1 atom stereocenters. The van der Waals surface area contributed by atoms with Crippen LogP contribution in [0.1, 0.15) is 17.5 Å². The van der Waals surface area contributed by atoms with E-state index in [2.05, 4.69) is 31.0 Å². The van der Waals surface area contributed by atoms with Crippen molar-refractivity contribution in [3.63, 3.8) is 0 Å². The van der Waals surface area contributed by atoms with Gasteiger partial charge in [0, 0.05) is 13.0 Å². The van der Waals surface area contributed by atoms with Crippen molar-refractivity contribution in [1.29, 1.82) is 0 Å². The van der Waals surface area contributed by atoms with E-state index in [9.17, 15) is 4.79 Å². The Balaban J connectivity index is 2.06. The third-order valence-corrected chi connectivity index (χ3v) is 4.63. The molecule has 18 heavy (non-hydrogen) atoms. The maximum atomic E-state index is 11.8. The number of alkyl halides is 1. The number of anilines is 1. The number of aromatic nitrogens is 1. The number of aryl methyl sites for hydroxylation is 2. The smallest absolute Gasteiger partial charge is 0.230 e. The summed E-state index contributed by atoms with van der Waals surface area (Å²) in [6.45, 7) is 4.73. The molecule has 0 N–H and O–H groups in total. The van der Waals surface area contributed by atoms with E-state index in [1.807, 2.05) is 0 Å². The predicted octanol–water partition coefficient (Wildman–Crippen LogP) is 3.26. The Bertz CT molecular complexity index is 598. The number of amides is 1. The van der Waals surface area contributed by atoms with E-state index < -0.39 is 0 Å². The minimum atomic E-state index is -0.0898. The van der Waals surface area contributed by atoms with Gasteiger partial charge in [0.25, 0.3) is 0 Å². The van der Waals surface area contributed by atoms with Crippen LogP contribution in [0.2, 0.25) is 0 Å². The van der Waals surface area contributed by atoms with Crippen molar-refractivity contribution < 1.29 is 4.79 Å². The van der Waals surface area contributed by atoms with Gasteiger partial charge in [-0.1, -0.05) is 11.3 Å². The molecule has 1 amide bonds. The summed E-state index contributed by atoms with van der Waals surface area (Å²) in [5.41, 5.74) is 3.44. The standard InChI is InChI=1S/C13H13ClN2OS/c1-7-3-10-11(4-8(7)2)18-13(15-10)16-6-9(14)5-12(16)17/h3-4,9H,5-6H2,1-2H3. The van der Waals surface area contributed by atoms with Crippen LogP contribution in [0.4, 0.5) is 5.13 Å². The largest absolute Gasteiger partial charge is 0.287 e. The van der Waals surface area contributed by atoms with E-state index in [0.29, 0.717) is 13.0 Å². The first-order valence-electron chi connectivity index (χ1n) is 5.87. The lowest BCUT2D eigenvalue weighted by Gasteiger charge is -2.10. The molecule has 1 aromatic carbocycles. The van der Waals surface area contributed by atoms with Crippen LogP contribution in [0.3, 0.4) is 0 Å². The zero-order valence-corrected chi connectivity index (χ0v) is 11.8. The molecule has 2 aromatic rings. The van der Waals surface area contributed by atoms with Gasteiger partial charge < -0.3 is 0 Å². The lowest BCUT2D eigenvalue weighted by atomic mass is 10.1. The molecular weight excluding hydrogens is 268 g/mol. The Morgan fingerprint density at radius 2 is 2.11 bits per heavy atom. The van der Waals surface area contributed by atoms with Crippen molar-refractivity contribution in [3.05, 3.63) is 23.3 Å². The van der Waals surface area contributed by atoms with Crippen molar-refractivity contribution in [2.45, 2.75) is 25.6 Å². The first-order valence-corrected chi connectivity index (χ1v) is 7.12. The summed E-state index contributed by atoms with van der Waals surface area (Å²) in [6.07, 6.45) is 0.412. The first kappa shape index (κ1) is 11.9. The quantitative estimate of drug-likeness (QED) is 0.751. The number of nitrogens with zero attached hydrogens (tertiary/aromatic N) is 2. The van der Waals surface area contributed by atoms with E-state index in [1.54, 1.807) is 16.2 Å². The molecule has 0 bridgehead atoms. The summed E-state index contributed by atoms with van der Waals surface area (Å²) in [6, 6.07) is 4.20. The molecule has 1 fully saturated rings. The number of fused-ring (bicyclic) bond motifs is 1. The van der Waals surface area contributed by atoms with Crippen molar-refractivity contribution in [2.24, 2.45) is 0 Å². The summed E-state index contributed by atoms with van der Waals surface area (Å²) in [7, 11) is 0. The molecule has 1 unspecified atom stereocenters. The molecule has 0 spiro atoms. The first-order chi connectivity index (χ1) is 8.54. The van der Waals surface area contributed by atoms with E-state index in [4.69, 9.17) is 11.6 Å². The molecule has 0 radical (unpaired) electrons. The van der Waals surface area contributed by atoms with E-state index in [-0.39, 0.29) is 11.3 Å². The van der Waals surface area contributed by atoms with Gasteiger partial charge in [-0.25, -0.2) is 4.98 Å². The number of thiazole rings is 1. The topological polar surface area (TPSA) is 33.2 Å². The van der Waals surface area contributed by atoms with E-state index in [0.717, 1.165) is 15.3 Å². The third-order valence-electron chi connectivity index (χ3n) is 3.30. The van der Waals surface area contributed by atoms with E-state index >= 15 is 0 Å². The minimum Gasteiger partial charge on any atom is -0.287 e. The fourth-order valence-corrected chi connectivity index (χ4v) is 3.47. The highest BCUT2D eigenvalue weighted by Gasteiger charge is 2.31. The Hall–Kier alpha value is -1.13. The number of benzene rings is 1. The predicted molar refractivity (Wildman–Crippen MR) is 75.7 cm³/mol. The average molecular weight is 281 g/mol. The lowest BCUT2D eigenvalue weighted by Crippen LogP contribution is -2.24. The van der Waals surface area contributed by atoms with Crippen molar-refractivity contribution in [2.75, 3.05) is 11.4 Å². The Morgan fingerprint density at radius 3 is 2.78 bits per heavy atom. The Morgan fingerprint density at radius 1 is 1.39 bits per heavy atom. The summed E-state index contributed by atoms with van der Waals surface area (Å²) in [4.78, 5) is 18.1. The Labute approximate surface area is 114 Å². The molecule has 1 aromatic heterocycles. The van der Waals surface area contributed by atoms with Crippen LogP contribution in [0.5, 0.6) is 0 Å². The van der Waals surface area contributed by atoms with Crippen LogP contribution in [-0.2, 0) is 4.79 Å². The summed E-state index contributed by atoms with van der Waals surface area (Å²) >= 11 is 7.57. The van der Waals surface area contributed by atoms with Gasteiger partial charge in [0.05, 0.1) is 15.6 Å². The van der Waals surface area contributed by atoms with Gasteiger partial charge in [0.2, 0.25) is 5.91 Å². The maximum Gasteiger partial charge on any atom is 0.230 e. The van der Waals surface area contributed by atoms with Crippen LogP contribution in [0.15, 0.2) is 12.1 Å². The number of carbonyl (C=O) groups is 1. The van der Waals surface area contributed by atoms with Crippen molar-refractivity contribution in [1.82, 2.24) is 4.98 Å². The summed E-state index contributed by atoms with van der Waals surface area (Å²) in [5, 5.41) is 0.677. The fraction of sp³-hybridized carbons (Fsp3) is 0.385. The number of carbonyl (C=O) groups excluding carboxylic acids is 1. The number of hydrogen-bond donors (Lipinski definition) is 0. The van der Waals surface area contributed by atoms with Gasteiger partial charge in [-0.3, -0.25) is 9.69 Å². The zero-order chi connectivity index (χ0) is 12.9. The second kappa shape index (κ2) is 4.21. The molecule has 3 rings (SSSR count). The van der Waals surface area contributed by atoms with Gasteiger partial charge in [0.1, 0.15) is 0 Å². The summed E-state index contributed by atoms with van der Waals surface area (Å²) in [5.74, 6) is 0.0718. The average Bonchev–Trinajstić information content (AvgIpc) is 2.82. The molecule has 1 saturated heterocycles. The SMILES string of the molecule is Cc1cc2nc(N3CC(Cl)CC3=O)sc2cc1C. The molecule has 2 heterocycles. The van der Waals surface area contributed by atoms with E-state index in [1.165, 1.54) is 11.1 Å². The monoisotopic (exact) mass is 280 g/mol. The molecule has 1 aliphatic rings. The van der Waals surface area contributed by atoms with Crippen LogP contribution < -0.4 is 4.90 Å². The molecule has 94 valence electrons. The second-order valence-electron chi connectivity index (χ2n) is 4.71. The molecule has 0 aliphatic carbocycles. The van der Waals surface area contributed by atoms with Crippen LogP contribution in [0.25, 0.3) is 10.2 Å². The molecule has 5 heteroatoms. The normalized spacial score (nSPS) is 20.1. The second-order valence-corrected chi connectivity index (χ2v) is 6.33. The Kier molecular flexibility index (Phi) is 2.79. The van der Waals surface area contributed by atoms with Gasteiger partial charge in [-0.15, -0.1) is 11.6 Å². The zero-order valence-electron chi connectivity index (χ0n) is 10.2. The van der Waals surface area contributed by atoms with Crippen molar-refractivity contribution >= 4 is 44.2 Å². The van der Waals surface area contributed by atoms with Gasteiger partial charge in [0.15, 0.2) is 5.13 Å². The molecule has 3 nitrogen and oxygen atoms in total. The number of hydrogen-bond acceptors (Lipinski definition) is 3. The van der Waals surface area contributed by atoms with Gasteiger partial charge in [-0.05, 0) is 37.1 Å².